The van der Waals surface area contributed by atoms with Gasteiger partial charge in [-0.05, 0) is 26.7 Å². The number of nitrogens with two attached hydrogens (primary N) is 1. The first-order valence-electron chi connectivity index (χ1n) is 5.78. The van der Waals surface area contributed by atoms with E-state index in [9.17, 15) is 0 Å². The Morgan fingerprint density at radius 2 is 2.07 bits per heavy atom. The molecule has 2 nitrogen and oxygen atoms in total. The van der Waals surface area contributed by atoms with Gasteiger partial charge in [0.2, 0.25) is 0 Å². The topological polar surface area (TPSA) is 38.9 Å². The fourth-order valence-corrected chi connectivity index (χ4v) is 2.34. The molecule has 0 aliphatic carbocycles. The highest BCUT2D eigenvalue weighted by Crippen LogP contribution is 2.22. The summed E-state index contributed by atoms with van der Waals surface area (Å²) in [5.41, 5.74) is 6.92. The van der Waals surface area contributed by atoms with Crippen LogP contribution in [0.15, 0.2) is 5.38 Å². The van der Waals surface area contributed by atoms with E-state index in [-0.39, 0.29) is 5.54 Å². The second-order valence-electron chi connectivity index (χ2n) is 4.68. The molecule has 0 saturated carbocycles. The van der Waals surface area contributed by atoms with Crippen molar-refractivity contribution < 1.29 is 0 Å². The molecule has 1 heterocycles. The maximum atomic E-state index is 5.99. The molecule has 1 aromatic heterocycles. The van der Waals surface area contributed by atoms with Crippen molar-refractivity contribution in [3.8, 4) is 0 Å². The van der Waals surface area contributed by atoms with Crippen LogP contribution in [0.5, 0.6) is 0 Å². The van der Waals surface area contributed by atoms with Crippen molar-refractivity contribution in [2.75, 3.05) is 0 Å². The lowest BCUT2D eigenvalue weighted by Crippen LogP contribution is -2.28. The standard InChI is InChI=1S/C12H22N2S/c1-4-5-6-7-8-10-9-15-11(14-10)12(2,3)13/h9H,4-8,13H2,1-3H3. The number of aromatic nitrogens is 1. The minimum atomic E-state index is -0.285. The number of rotatable bonds is 6. The largest absolute Gasteiger partial charge is 0.320 e. The van der Waals surface area contributed by atoms with E-state index in [1.807, 2.05) is 13.8 Å². The van der Waals surface area contributed by atoms with Gasteiger partial charge in [0.1, 0.15) is 5.01 Å². The van der Waals surface area contributed by atoms with Gasteiger partial charge in [0.15, 0.2) is 0 Å². The molecule has 0 atom stereocenters. The third-order valence-corrected chi connectivity index (χ3v) is 3.62. The van der Waals surface area contributed by atoms with Crippen LogP contribution in [0.25, 0.3) is 0 Å². The molecule has 86 valence electrons. The van der Waals surface area contributed by atoms with E-state index in [0.717, 1.165) is 11.4 Å². The summed E-state index contributed by atoms with van der Waals surface area (Å²) >= 11 is 1.68. The quantitative estimate of drug-likeness (QED) is 0.754. The third-order valence-electron chi connectivity index (χ3n) is 2.39. The molecule has 0 amide bonds. The molecule has 0 aromatic carbocycles. The van der Waals surface area contributed by atoms with Gasteiger partial charge in [-0.3, -0.25) is 0 Å². The van der Waals surface area contributed by atoms with E-state index in [2.05, 4.69) is 17.3 Å². The number of thiazole rings is 1. The van der Waals surface area contributed by atoms with Crippen LogP contribution in [-0.2, 0) is 12.0 Å². The highest BCUT2D eigenvalue weighted by atomic mass is 32.1. The van der Waals surface area contributed by atoms with E-state index in [1.165, 1.54) is 31.4 Å². The smallest absolute Gasteiger partial charge is 0.112 e. The van der Waals surface area contributed by atoms with Gasteiger partial charge in [-0.1, -0.05) is 26.2 Å². The lowest BCUT2D eigenvalue weighted by molar-refractivity contribution is 0.547. The molecule has 0 unspecified atom stereocenters. The van der Waals surface area contributed by atoms with Crippen LogP contribution >= 0.6 is 11.3 Å². The number of nitrogens with zero attached hydrogens (tertiary/aromatic N) is 1. The van der Waals surface area contributed by atoms with Gasteiger partial charge >= 0.3 is 0 Å². The Balaban J connectivity index is 2.40. The Labute approximate surface area is 96.9 Å². The van der Waals surface area contributed by atoms with Gasteiger partial charge in [-0.15, -0.1) is 11.3 Å². The zero-order valence-corrected chi connectivity index (χ0v) is 10.9. The van der Waals surface area contributed by atoms with Crippen LogP contribution in [0.3, 0.4) is 0 Å². The number of hydrogen-bond donors (Lipinski definition) is 1. The van der Waals surface area contributed by atoms with Crippen LogP contribution in [0, 0.1) is 0 Å². The Morgan fingerprint density at radius 3 is 2.60 bits per heavy atom. The molecule has 0 aliphatic heterocycles. The summed E-state index contributed by atoms with van der Waals surface area (Å²) in [7, 11) is 0. The predicted octanol–water partition coefficient (Wildman–Crippen LogP) is 3.46. The zero-order chi connectivity index (χ0) is 11.3. The molecule has 0 radical (unpaired) electrons. The molecule has 1 rings (SSSR count). The van der Waals surface area contributed by atoms with E-state index < -0.39 is 0 Å². The fraction of sp³-hybridized carbons (Fsp3) is 0.750. The summed E-state index contributed by atoms with van der Waals surface area (Å²) < 4.78 is 0. The van der Waals surface area contributed by atoms with Crippen molar-refractivity contribution in [2.45, 2.75) is 58.4 Å². The van der Waals surface area contributed by atoms with Crippen LogP contribution < -0.4 is 5.73 Å². The average Bonchev–Trinajstić information content (AvgIpc) is 2.60. The predicted molar refractivity (Wildman–Crippen MR) is 67.2 cm³/mol. The molecule has 0 saturated heterocycles. The van der Waals surface area contributed by atoms with Gasteiger partial charge in [0.05, 0.1) is 11.2 Å². The summed E-state index contributed by atoms with van der Waals surface area (Å²) in [6.07, 6.45) is 6.29. The monoisotopic (exact) mass is 226 g/mol. The van der Waals surface area contributed by atoms with Crippen molar-refractivity contribution in [3.63, 3.8) is 0 Å². The number of aryl methyl sites for hydroxylation is 1. The van der Waals surface area contributed by atoms with Gasteiger partial charge in [0, 0.05) is 5.38 Å². The first kappa shape index (κ1) is 12.7. The molecule has 1 aromatic rings. The number of unbranched alkanes of at least 4 members (excludes halogenated alkanes) is 3. The summed E-state index contributed by atoms with van der Waals surface area (Å²) in [6, 6.07) is 0. The molecule has 3 heteroatoms. The van der Waals surface area contributed by atoms with Gasteiger partial charge < -0.3 is 5.73 Å². The summed E-state index contributed by atoms with van der Waals surface area (Å²) in [4.78, 5) is 4.57. The maximum absolute atomic E-state index is 5.99. The van der Waals surface area contributed by atoms with E-state index in [1.54, 1.807) is 11.3 Å². The minimum absolute atomic E-state index is 0.285. The zero-order valence-electron chi connectivity index (χ0n) is 10.0. The molecule has 2 N–H and O–H groups in total. The Morgan fingerprint density at radius 1 is 1.33 bits per heavy atom. The Bertz CT molecular complexity index is 286. The van der Waals surface area contributed by atoms with Gasteiger partial charge in [-0.25, -0.2) is 4.98 Å². The number of hydrogen-bond acceptors (Lipinski definition) is 3. The first-order chi connectivity index (χ1) is 7.04. The van der Waals surface area contributed by atoms with Crippen LogP contribution in [-0.4, -0.2) is 4.98 Å². The van der Waals surface area contributed by atoms with Gasteiger partial charge in [0.25, 0.3) is 0 Å². The Hall–Kier alpha value is -0.410. The molecule has 0 bridgehead atoms. The lowest BCUT2D eigenvalue weighted by atomic mass is 10.1. The normalized spacial score (nSPS) is 12.0. The van der Waals surface area contributed by atoms with Crippen LogP contribution in [0.2, 0.25) is 0 Å². The average molecular weight is 226 g/mol. The van der Waals surface area contributed by atoms with E-state index in [4.69, 9.17) is 5.73 Å². The van der Waals surface area contributed by atoms with Crippen LogP contribution in [0.4, 0.5) is 0 Å². The lowest BCUT2D eigenvalue weighted by Gasteiger charge is -2.13. The highest BCUT2D eigenvalue weighted by molar-refractivity contribution is 7.09. The van der Waals surface area contributed by atoms with E-state index >= 15 is 0 Å². The summed E-state index contributed by atoms with van der Waals surface area (Å²) in [5.74, 6) is 0. The van der Waals surface area contributed by atoms with Crippen molar-refractivity contribution in [2.24, 2.45) is 5.73 Å². The molecule has 0 aliphatic rings. The highest BCUT2D eigenvalue weighted by Gasteiger charge is 2.18. The minimum Gasteiger partial charge on any atom is -0.320 e. The summed E-state index contributed by atoms with van der Waals surface area (Å²) in [6.45, 7) is 6.25. The van der Waals surface area contributed by atoms with Crippen molar-refractivity contribution in [1.82, 2.24) is 4.98 Å². The maximum Gasteiger partial charge on any atom is 0.112 e. The third kappa shape index (κ3) is 4.31. The summed E-state index contributed by atoms with van der Waals surface area (Å²) in [5, 5.41) is 3.20. The van der Waals surface area contributed by atoms with Crippen molar-refractivity contribution in [3.05, 3.63) is 16.1 Å². The molecule has 15 heavy (non-hydrogen) atoms. The fourth-order valence-electron chi connectivity index (χ4n) is 1.45. The van der Waals surface area contributed by atoms with Crippen molar-refractivity contribution >= 4 is 11.3 Å². The molecular weight excluding hydrogens is 204 g/mol. The molecule has 0 fully saturated rings. The molecule has 0 spiro atoms. The van der Waals surface area contributed by atoms with Gasteiger partial charge in [-0.2, -0.15) is 0 Å². The first-order valence-corrected chi connectivity index (χ1v) is 6.65. The molecular formula is C12H22N2S. The Kier molecular flexibility index (Phi) is 4.74. The SMILES string of the molecule is CCCCCCc1csc(C(C)(C)N)n1. The van der Waals surface area contributed by atoms with Crippen molar-refractivity contribution in [1.29, 1.82) is 0 Å². The van der Waals surface area contributed by atoms with E-state index in [0.29, 0.717) is 0 Å². The second-order valence-corrected chi connectivity index (χ2v) is 5.53. The van der Waals surface area contributed by atoms with Crippen LogP contribution in [0.1, 0.15) is 57.2 Å². The second kappa shape index (κ2) is 5.61.